The maximum atomic E-state index is 11.3. The van der Waals surface area contributed by atoms with Crippen molar-refractivity contribution in [1.29, 1.82) is 0 Å². The largest absolute Gasteiger partial charge is 0.477 e. The van der Waals surface area contributed by atoms with Crippen molar-refractivity contribution in [3.8, 4) is 0 Å². The summed E-state index contributed by atoms with van der Waals surface area (Å²) in [4.78, 5) is 21.6. The topological polar surface area (TPSA) is 95.0 Å². The average Bonchev–Trinajstić information content (AvgIpc) is 2.85. The molecule has 0 saturated heterocycles. The van der Waals surface area contributed by atoms with Crippen molar-refractivity contribution in [1.82, 2.24) is 20.2 Å². The Morgan fingerprint density at radius 3 is 2.74 bits per heavy atom. The number of rotatable bonds is 7. The van der Waals surface area contributed by atoms with E-state index < -0.39 is 5.97 Å². The molecule has 0 atom stereocenters. The van der Waals surface area contributed by atoms with Gasteiger partial charge < -0.3 is 10.0 Å². The van der Waals surface area contributed by atoms with Gasteiger partial charge in [0.15, 0.2) is 5.16 Å². The van der Waals surface area contributed by atoms with E-state index in [4.69, 9.17) is 0 Å². The minimum atomic E-state index is -1.01. The Morgan fingerprint density at radius 1 is 1.43 bits per heavy atom. The van der Waals surface area contributed by atoms with Crippen LogP contribution in [0, 0.1) is 13.8 Å². The van der Waals surface area contributed by atoms with Crippen molar-refractivity contribution in [2.24, 2.45) is 0 Å². The maximum Gasteiger partial charge on any atom is 0.341 e. The molecular weight excluding hydrogens is 314 g/mol. The van der Waals surface area contributed by atoms with Gasteiger partial charge in [0.25, 0.3) is 0 Å². The van der Waals surface area contributed by atoms with E-state index in [1.54, 1.807) is 0 Å². The molecule has 23 heavy (non-hydrogen) atoms. The molecule has 2 N–H and O–H groups in total. The zero-order chi connectivity index (χ0) is 17.0. The summed E-state index contributed by atoms with van der Waals surface area (Å²) in [6.45, 7) is 4.70. The molecule has 2 aromatic heterocycles. The number of aromatic amines is 1. The predicted octanol–water partition coefficient (Wildman–Crippen LogP) is 2.31. The summed E-state index contributed by atoms with van der Waals surface area (Å²) < 4.78 is 0. The summed E-state index contributed by atoms with van der Waals surface area (Å²) >= 11 is 1.39. The predicted molar refractivity (Wildman–Crippen MR) is 90.4 cm³/mol. The zero-order valence-corrected chi connectivity index (χ0v) is 14.6. The Hall–Kier alpha value is -2.09. The van der Waals surface area contributed by atoms with E-state index in [1.165, 1.54) is 23.5 Å². The van der Waals surface area contributed by atoms with E-state index >= 15 is 0 Å². The van der Waals surface area contributed by atoms with Crippen LogP contribution in [0.2, 0.25) is 0 Å². The Morgan fingerprint density at radius 2 is 2.17 bits per heavy atom. The number of hydrogen-bond donors (Lipinski definition) is 2. The van der Waals surface area contributed by atoms with Gasteiger partial charge in [0, 0.05) is 25.5 Å². The van der Waals surface area contributed by atoms with Crippen molar-refractivity contribution in [3.63, 3.8) is 0 Å². The highest BCUT2D eigenvalue weighted by atomic mass is 32.2. The van der Waals surface area contributed by atoms with Crippen LogP contribution in [0.15, 0.2) is 11.4 Å². The molecular formula is C15H21N5O2S. The fourth-order valence-electron chi connectivity index (χ4n) is 2.44. The minimum absolute atomic E-state index is 0.126. The molecule has 2 aromatic rings. The molecule has 0 fully saturated rings. The first-order valence-electron chi connectivity index (χ1n) is 7.30. The lowest BCUT2D eigenvalue weighted by molar-refractivity contribution is 0.0696. The van der Waals surface area contributed by atoms with Crippen LogP contribution in [0.4, 0.5) is 5.82 Å². The fraction of sp³-hybridized carbons (Fsp3) is 0.467. The van der Waals surface area contributed by atoms with Crippen LogP contribution in [0.25, 0.3) is 0 Å². The van der Waals surface area contributed by atoms with E-state index in [-0.39, 0.29) is 5.56 Å². The third kappa shape index (κ3) is 4.01. The monoisotopic (exact) mass is 335 g/mol. The number of carboxylic acid groups (broad SMARTS) is 1. The van der Waals surface area contributed by atoms with Crippen LogP contribution in [0.1, 0.15) is 33.7 Å². The summed E-state index contributed by atoms with van der Waals surface area (Å²) in [7, 11) is 1.86. The number of carbonyl (C=O) groups is 1. The molecule has 0 aliphatic carbocycles. The Kier molecular flexibility index (Phi) is 5.59. The number of aromatic nitrogens is 4. The molecule has 0 aliphatic rings. The van der Waals surface area contributed by atoms with Gasteiger partial charge in [-0.2, -0.15) is 5.10 Å². The molecule has 7 nitrogen and oxygen atoms in total. The number of thioether (sulfide) groups is 1. The Bertz CT molecular complexity index is 682. The first kappa shape index (κ1) is 17.3. The van der Waals surface area contributed by atoms with Gasteiger partial charge in [0.2, 0.25) is 0 Å². The Balaban J connectivity index is 2.08. The molecule has 0 unspecified atom stereocenters. The highest BCUT2D eigenvalue weighted by Crippen LogP contribution is 2.20. The highest BCUT2D eigenvalue weighted by molar-refractivity contribution is 7.98. The van der Waals surface area contributed by atoms with E-state index in [9.17, 15) is 9.90 Å². The quantitative estimate of drug-likeness (QED) is 0.592. The fourth-order valence-corrected chi connectivity index (χ4v) is 2.77. The number of H-pyrrole nitrogens is 1. The minimum Gasteiger partial charge on any atom is -0.477 e. The van der Waals surface area contributed by atoms with Crippen LogP contribution < -0.4 is 4.90 Å². The van der Waals surface area contributed by atoms with Crippen LogP contribution >= 0.6 is 11.8 Å². The number of nitrogens with one attached hydrogen (secondary N) is 1. The molecule has 0 aromatic carbocycles. The first-order chi connectivity index (χ1) is 10.9. The standard InChI is InChI=1S/C15H21N5O2S/c1-9-11(10(2)19-18-9)6-5-7-20(3)13-12(14(21)22)8-16-15(17-13)23-4/h8H,5-7H2,1-4H3,(H,18,19)(H,21,22). The molecule has 124 valence electrons. The van der Waals surface area contributed by atoms with Gasteiger partial charge in [0.05, 0.1) is 5.69 Å². The summed E-state index contributed by atoms with van der Waals surface area (Å²) in [6, 6.07) is 0. The van der Waals surface area contributed by atoms with Crippen molar-refractivity contribution in [2.45, 2.75) is 31.8 Å². The van der Waals surface area contributed by atoms with Gasteiger partial charge in [-0.15, -0.1) is 0 Å². The molecule has 0 amide bonds. The second kappa shape index (κ2) is 7.45. The number of hydrogen-bond acceptors (Lipinski definition) is 6. The zero-order valence-electron chi connectivity index (χ0n) is 13.8. The molecule has 0 spiro atoms. The smallest absolute Gasteiger partial charge is 0.341 e. The van der Waals surface area contributed by atoms with Crippen LogP contribution in [0.5, 0.6) is 0 Å². The van der Waals surface area contributed by atoms with Crippen molar-refractivity contribution >= 4 is 23.5 Å². The summed E-state index contributed by atoms with van der Waals surface area (Å²) in [5, 5.41) is 17.0. The van der Waals surface area contributed by atoms with Crippen LogP contribution in [-0.2, 0) is 6.42 Å². The number of aryl methyl sites for hydroxylation is 2. The third-order valence-electron chi connectivity index (χ3n) is 3.72. The van der Waals surface area contributed by atoms with Crippen molar-refractivity contribution < 1.29 is 9.90 Å². The number of anilines is 1. The average molecular weight is 335 g/mol. The molecule has 0 radical (unpaired) electrons. The van der Waals surface area contributed by atoms with Gasteiger partial charge in [-0.3, -0.25) is 5.10 Å². The third-order valence-corrected chi connectivity index (χ3v) is 4.28. The molecule has 0 saturated carbocycles. The lowest BCUT2D eigenvalue weighted by Gasteiger charge is -2.20. The first-order valence-corrected chi connectivity index (χ1v) is 8.52. The summed E-state index contributed by atoms with van der Waals surface area (Å²) in [6.07, 6.45) is 5.01. The molecule has 0 bridgehead atoms. The molecule has 8 heteroatoms. The molecule has 0 aliphatic heterocycles. The van der Waals surface area contributed by atoms with Crippen LogP contribution in [-0.4, -0.2) is 51.1 Å². The van der Waals surface area contributed by atoms with Gasteiger partial charge in [0.1, 0.15) is 11.4 Å². The second-order valence-corrected chi connectivity index (χ2v) is 6.11. The highest BCUT2D eigenvalue weighted by Gasteiger charge is 2.17. The Labute approximate surface area is 139 Å². The maximum absolute atomic E-state index is 11.3. The van der Waals surface area contributed by atoms with Gasteiger partial charge in [-0.05, 0) is 38.5 Å². The molecule has 2 heterocycles. The van der Waals surface area contributed by atoms with E-state index in [0.717, 1.165) is 24.2 Å². The lowest BCUT2D eigenvalue weighted by atomic mass is 10.1. The number of aromatic carboxylic acids is 1. The van der Waals surface area contributed by atoms with E-state index in [0.29, 0.717) is 17.5 Å². The lowest BCUT2D eigenvalue weighted by Crippen LogP contribution is -2.23. The summed E-state index contributed by atoms with van der Waals surface area (Å²) in [5.41, 5.74) is 3.46. The van der Waals surface area contributed by atoms with Gasteiger partial charge >= 0.3 is 5.97 Å². The van der Waals surface area contributed by atoms with Crippen LogP contribution in [0.3, 0.4) is 0 Å². The number of nitrogens with zero attached hydrogens (tertiary/aromatic N) is 4. The summed E-state index contributed by atoms with van der Waals surface area (Å²) in [5.74, 6) is -0.557. The van der Waals surface area contributed by atoms with Gasteiger partial charge in [-0.25, -0.2) is 14.8 Å². The van der Waals surface area contributed by atoms with Crippen molar-refractivity contribution in [3.05, 3.63) is 28.7 Å². The SMILES string of the molecule is CSc1ncc(C(=O)O)c(N(C)CCCc2c(C)n[nH]c2C)n1. The van der Waals surface area contributed by atoms with E-state index in [1.807, 2.05) is 32.1 Å². The van der Waals surface area contributed by atoms with Crippen molar-refractivity contribution in [2.75, 3.05) is 24.7 Å². The normalized spacial score (nSPS) is 10.8. The van der Waals surface area contributed by atoms with Gasteiger partial charge in [-0.1, -0.05) is 11.8 Å². The van der Waals surface area contributed by atoms with E-state index in [2.05, 4.69) is 20.2 Å². The molecule has 2 rings (SSSR count). The second-order valence-electron chi connectivity index (χ2n) is 5.34. The number of carboxylic acids is 1.